The fourth-order valence-electron chi connectivity index (χ4n) is 3.40. The number of amides is 2. The molecule has 2 aliphatic heterocycles. The lowest BCUT2D eigenvalue weighted by molar-refractivity contribution is -0.119. The van der Waals surface area contributed by atoms with Crippen LogP contribution in [0.1, 0.15) is 40.1 Å². The minimum absolute atomic E-state index is 0.189. The Balaban J connectivity index is 1.68. The SMILES string of the molecule is Cc1cc(NC(=O)c2cc3c4c(c2)CCC(=O)N4CCC3)no1. The van der Waals surface area contributed by atoms with Gasteiger partial charge in [0.1, 0.15) is 5.76 Å². The summed E-state index contributed by atoms with van der Waals surface area (Å²) in [4.78, 5) is 26.4. The number of rotatable bonds is 2. The summed E-state index contributed by atoms with van der Waals surface area (Å²) in [6, 6.07) is 5.47. The Labute approximate surface area is 133 Å². The largest absolute Gasteiger partial charge is 0.360 e. The van der Waals surface area contributed by atoms with Crippen molar-refractivity contribution in [3.63, 3.8) is 0 Å². The van der Waals surface area contributed by atoms with Gasteiger partial charge in [0.05, 0.1) is 5.69 Å². The van der Waals surface area contributed by atoms with Crippen LogP contribution in [0.25, 0.3) is 0 Å². The molecular weight excluding hydrogens is 294 g/mol. The summed E-state index contributed by atoms with van der Waals surface area (Å²) < 4.78 is 4.96. The summed E-state index contributed by atoms with van der Waals surface area (Å²) in [7, 11) is 0. The van der Waals surface area contributed by atoms with E-state index in [4.69, 9.17) is 4.52 Å². The Hall–Kier alpha value is -2.63. The number of carbonyl (C=O) groups excluding carboxylic acids is 2. The van der Waals surface area contributed by atoms with Crippen molar-refractivity contribution in [2.45, 2.75) is 32.6 Å². The molecule has 0 atom stereocenters. The molecule has 3 heterocycles. The first-order valence-electron chi connectivity index (χ1n) is 7.82. The highest BCUT2D eigenvalue weighted by atomic mass is 16.5. The van der Waals surface area contributed by atoms with E-state index in [-0.39, 0.29) is 11.8 Å². The minimum Gasteiger partial charge on any atom is -0.360 e. The Morgan fingerprint density at radius 2 is 2.00 bits per heavy atom. The molecule has 4 rings (SSSR count). The number of anilines is 2. The Kier molecular flexibility index (Phi) is 3.18. The standard InChI is InChI=1S/C17H17N3O3/c1-10-7-14(19-23-10)18-17(22)13-8-11-3-2-6-20-15(21)5-4-12(9-13)16(11)20/h7-9H,2-6H2,1H3,(H,18,19,22). The van der Waals surface area contributed by atoms with E-state index in [1.165, 1.54) is 0 Å². The van der Waals surface area contributed by atoms with Crippen LogP contribution in [0.4, 0.5) is 11.5 Å². The monoisotopic (exact) mass is 311 g/mol. The topological polar surface area (TPSA) is 75.4 Å². The lowest BCUT2D eigenvalue weighted by Crippen LogP contribution is -2.39. The van der Waals surface area contributed by atoms with Crippen molar-refractivity contribution in [2.24, 2.45) is 0 Å². The predicted octanol–water partition coefficient (Wildman–Crippen LogP) is 2.46. The van der Waals surface area contributed by atoms with Crippen LogP contribution in [0.15, 0.2) is 22.7 Å². The molecule has 0 aliphatic carbocycles. The van der Waals surface area contributed by atoms with Crippen molar-refractivity contribution in [1.29, 1.82) is 0 Å². The van der Waals surface area contributed by atoms with Crippen LogP contribution in [0.2, 0.25) is 0 Å². The fraction of sp³-hybridized carbons (Fsp3) is 0.353. The number of hydrogen-bond donors (Lipinski definition) is 1. The maximum atomic E-state index is 12.5. The van der Waals surface area contributed by atoms with Crippen molar-refractivity contribution in [3.05, 3.63) is 40.6 Å². The molecular formula is C17H17N3O3. The molecule has 0 fully saturated rings. The predicted molar refractivity (Wildman–Crippen MR) is 84.6 cm³/mol. The van der Waals surface area contributed by atoms with Crippen LogP contribution in [0.3, 0.4) is 0 Å². The van der Waals surface area contributed by atoms with Gasteiger partial charge in [-0.15, -0.1) is 0 Å². The molecule has 2 aliphatic rings. The fourth-order valence-corrected chi connectivity index (χ4v) is 3.40. The first-order valence-corrected chi connectivity index (χ1v) is 7.82. The molecule has 0 bridgehead atoms. The first kappa shape index (κ1) is 14.0. The smallest absolute Gasteiger partial charge is 0.256 e. The van der Waals surface area contributed by atoms with Gasteiger partial charge < -0.3 is 14.7 Å². The van der Waals surface area contributed by atoms with Gasteiger partial charge in [0.2, 0.25) is 5.91 Å². The van der Waals surface area contributed by atoms with Crippen molar-refractivity contribution >= 4 is 23.3 Å². The van der Waals surface area contributed by atoms with Gasteiger partial charge in [0.15, 0.2) is 5.82 Å². The summed E-state index contributed by atoms with van der Waals surface area (Å²) in [5, 5.41) is 6.54. The van der Waals surface area contributed by atoms with Crippen LogP contribution in [-0.4, -0.2) is 23.5 Å². The quantitative estimate of drug-likeness (QED) is 0.924. The Morgan fingerprint density at radius 3 is 2.74 bits per heavy atom. The molecule has 0 unspecified atom stereocenters. The van der Waals surface area contributed by atoms with Crippen molar-refractivity contribution in [3.8, 4) is 0 Å². The zero-order valence-electron chi connectivity index (χ0n) is 12.9. The summed E-state index contributed by atoms with van der Waals surface area (Å²) >= 11 is 0. The first-order chi connectivity index (χ1) is 11.1. The third-order valence-corrected chi connectivity index (χ3v) is 4.41. The van der Waals surface area contributed by atoms with Crippen molar-refractivity contribution in [1.82, 2.24) is 5.16 Å². The highest BCUT2D eigenvalue weighted by Gasteiger charge is 2.30. The van der Waals surface area contributed by atoms with Crippen molar-refractivity contribution in [2.75, 3.05) is 16.8 Å². The number of benzene rings is 1. The molecule has 1 N–H and O–H groups in total. The van der Waals surface area contributed by atoms with Gasteiger partial charge in [0.25, 0.3) is 5.91 Å². The number of nitrogens with one attached hydrogen (secondary N) is 1. The third kappa shape index (κ3) is 2.40. The average molecular weight is 311 g/mol. The van der Waals surface area contributed by atoms with E-state index in [0.29, 0.717) is 30.0 Å². The number of carbonyl (C=O) groups is 2. The van der Waals surface area contributed by atoms with Crippen LogP contribution in [0, 0.1) is 6.92 Å². The summed E-state index contributed by atoms with van der Waals surface area (Å²) in [6.45, 7) is 2.56. The molecule has 1 aromatic carbocycles. The molecule has 23 heavy (non-hydrogen) atoms. The molecule has 0 saturated heterocycles. The summed E-state index contributed by atoms with van der Waals surface area (Å²) in [5.41, 5.74) is 3.81. The van der Waals surface area contributed by atoms with E-state index in [9.17, 15) is 9.59 Å². The molecule has 6 nitrogen and oxygen atoms in total. The minimum atomic E-state index is -0.202. The van der Waals surface area contributed by atoms with Gasteiger partial charge in [-0.25, -0.2) is 0 Å². The lowest BCUT2D eigenvalue weighted by atomic mass is 9.89. The highest BCUT2D eigenvalue weighted by Crippen LogP contribution is 2.36. The Morgan fingerprint density at radius 1 is 1.22 bits per heavy atom. The molecule has 1 aromatic heterocycles. The van der Waals surface area contributed by atoms with Crippen LogP contribution in [-0.2, 0) is 17.6 Å². The molecule has 2 aromatic rings. The molecule has 0 radical (unpaired) electrons. The molecule has 2 amide bonds. The van der Waals surface area contributed by atoms with Gasteiger partial charge in [0, 0.05) is 24.6 Å². The Bertz CT molecular complexity index is 792. The second kappa shape index (κ2) is 5.22. The van der Waals surface area contributed by atoms with Gasteiger partial charge in [-0.2, -0.15) is 0 Å². The van der Waals surface area contributed by atoms with E-state index < -0.39 is 0 Å². The lowest BCUT2D eigenvalue weighted by Gasteiger charge is -2.35. The van der Waals surface area contributed by atoms with Crippen molar-refractivity contribution < 1.29 is 14.1 Å². The normalized spacial score (nSPS) is 16.2. The molecule has 6 heteroatoms. The number of hydrogen-bond acceptors (Lipinski definition) is 4. The number of aryl methyl sites for hydroxylation is 3. The van der Waals surface area contributed by atoms with Gasteiger partial charge in [-0.3, -0.25) is 9.59 Å². The molecule has 0 spiro atoms. The van der Waals surface area contributed by atoms with E-state index in [1.807, 2.05) is 17.0 Å². The van der Waals surface area contributed by atoms with E-state index >= 15 is 0 Å². The van der Waals surface area contributed by atoms with Gasteiger partial charge >= 0.3 is 0 Å². The molecule has 118 valence electrons. The second-order valence-corrected chi connectivity index (χ2v) is 6.07. The summed E-state index contributed by atoms with van der Waals surface area (Å²) in [6.07, 6.45) is 3.05. The number of nitrogens with zero attached hydrogens (tertiary/aromatic N) is 2. The van der Waals surface area contributed by atoms with Crippen LogP contribution in [0.5, 0.6) is 0 Å². The number of aromatic nitrogens is 1. The maximum Gasteiger partial charge on any atom is 0.256 e. The van der Waals surface area contributed by atoms with Gasteiger partial charge in [-0.05, 0) is 49.4 Å². The highest BCUT2D eigenvalue weighted by molar-refractivity contribution is 6.05. The van der Waals surface area contributed by atoms with E-state index in [0.717, 1.165) is 36.2 Å². The maximum absolute atomic E-state index is 12.5. The van der Waals surface area contributed by atoms with Gasteiger partial charge in [-0.1, -0.05) is 5.16 Å². The van der Waals surface area contributed by atoms with Crippen LogP contribution >= 0.6 is 0 Å². The molecule has 0 saturated carbocycles. The summed E-state index contributed by atoms with van der Waals surface area (Å²) in [5.74, 6) is 1.05. The van der Waals surface area contributed by atoms with E-state index in [2.05, 4.69) is 10.5 Å². The zero-order valence-corrected chi connectivity index (χ0v) is 12.9. The van der Waals surface area contributed by atoms with E-state index in [1.54, 1.807) is 13.0 Å². The average Bonchev–Trinajstić information content (AvgIpc) is 2.95. The van der Waals surface area contributed by atoms with Crippen LogP contribution < -0.4 is 10.2 Å². The second-order valence-electron chi connectivity index (χ2n) is 6.07. The zero-order chi connectivity index (χ0) is 16.0. The third-order valence-electron chi connectivity index (χ3n) is 4.41.